The highest BCUT2D eigenvalue weighted by Crippen LogP contribution is 2.18. The van der Waals surface area contributed by atoms with Gasteiger partial charge < -0.3 is 10.6 Å². The summed E-state index contributed by atoms with van der Waals surface area (Å²) < 4.78 is 41.2. The summed E-state index contributed by atoms with van der Waals surface area (Å²) in [4.78, 5) is 24.3. The Hall–Kier alpha value is -3.33. The summed E-state index contributed by atoms with van der Waals surface area (Å²) in [6.07, 6.45) is 1.20. The smallest absolute Gasteiger partial charge is 0.292 e. The molecule has 0 radical (unpaired) electrons. The standard InChI is InChI=1S/C19H14ClF3N4O2/c20-17-15(24-7-8-25-18(28)12-3-1-2-4-13(12)22)10-26-27(19(17)29)16-6-5-11(21)9-14(16)23/h1-6,9-10,24H,7-8H2,(H,25,28). The molecule has 1 heterocycles. The van der Waals surface area contributed by atoms with E-state index in [4.69, 9.17) is 11.6 Å². The molecular formula is C19H14ClF3N4O2. The van der Waals surface area contributed by atoms with Crippen LogP contribution in [0.15, 0.2) is 53.5 Å². The summed E-state index contributed by atoms with van der Waals surface area (Å²) in [6, 6.07) is 8.24. The SMILES string of the molecule is O=C(NCCNc1cnn(-c2ccc(F)cc2F)c(=O)c1Cl)c1ccccc1F. The molecule has 3 rings (SSSR count). The Morgan fingerprint density at radius 2 is 1.83 bits per heavy atom. The molecule has 0 aliphatic rings. The van der Waals surface area contributed by atoms with Crippen molar-refractivity contribution in [3.8, 4) is 5.69 Å². The topological polar surface area (TPSA) is 76.0 Å². The summed E-state index contributed by atoms with van der Waals surface area (Å²) in [5, 5.41) is 8.90. The van der Waals surface area contributed by atoms with Gasteiger partial charge in [0.05, 0.1) is 17.4 Å². The van der Waals surface area contributed by atoms with Gasteiger partial charge in [-0.25, -0.2) is 13.2 Å². The number of rotatable bonds is 6. The maximum Gasteiger partial charge on any atom is 0.292 e. The van der Waals surface area contributed by atoms with Crippen LogP contribution in [0, 0.1) is 17.5 Å². The molecule has 0 fully saturated rings. The van der Waals surface area contributed by atoms with Gasteiger partial charge in [-0.05, 0) is 24.3 Å². The van der Waals surface area contributed by atoms with Crippen molar-refractivity contribution in [3.63, 3.8) is 0 Å². The lowest BCUT2D eigenvalue weighted by Gasteiger charge is -2.11. The molecule has 10 heteroatoms. The third-order valence-electron chi connectivity index (χ3n) is 3.90. The largest absolute Gasteiger partial charge is 0.381 e. The van der Waals surface area contributed by atoms with E-state index in [1.54, 1.807) is 6.07 Å². The van der Waals surface area contributed by atoms with Crippen molar-refractivity contribution in [3.05, 3.63) is 87.1 Å². The first kappa shape index (κ1) is 20.4. The predicted octanol–water partition coefficient (Wildman–Crippen LogP) is 3.15. The van der Waals surface area contributed by atoms with E-state index < -0.39 is 28.9 Å². The van der Waals surface area contributed by atoms with Crippen LogP contribution in [0.3, 0.4) is 0 Å². The van der Waals surface area contributed by atoms with Gasteiger partial charge >= 0.3 is 0 Å². The van der Waals surface area contributed by atoms with Crippen molar-refractivity contribution in [1.29, 1.82) is 0 Å². The van der Waals surface area contributed by atoms with Gasteiger partial charge in [-0.3, -0.25) is 9.59 Å². The number of nitrogens with one attached hydrogen (secondary N) is 2. The number of aromatic nitrogens is 2. The van der Waals surface area contributed by atoms with E-state index in [1.807, 2.05) is 0 Å². The number of carbonyl (C=O) groups excluding carboxylic acids is 1. The third-order valence-corrected chi connectivity index (χ3v) is 4.27. The molecule has 0 bridgehead atoms. The molecule has 3 aromatic rings. The van der Waals surface area contributed by atoms with E-state index >= 15 is 0 Å². The van der Waals surface area contributed by atoms with Crippen LogP contribution in [0.4, 0.5) is 18.9 Å². The van der Waals surface area contributed by atoms with Crippen LogP contribution in [0.5, 0.6) is 0 Å². The second-order valence-corrected chi connectivity index (χ2v) is 6.23. The van der Waals surface area contributed by atoms with E-state index in [1.165, 1.54) is 24.4 Å². The van der Waals surface area contributed by atoms with Crippen LogP contribution in [0.2, 0.25) is 5.02 Å². The lowest BCUT2D eigenvalue weighted by Crippen LogP contribution is -2.30. The zero-order chi connectivity index (χ0) is 21.0. The highest BCUT2D eigenvalue weighted by molar-refractivity contribution is 6.32. The predicted molar refractivity (Wildman–Crippen MR) is 102 cm³/mol. The maximum absolute atomic E-state index is 13.9. The number of hydrogen-bond donors (Lipinski definition) is 2. The molecule has 2 N–H and O–H groups in total. The molecule has 0 unspecified atom stereocenters. The first-order valence-electron chi connectivity index (χ1n) is 8.38. The van der Waals surface area contributed by atoms with Gasteiger partial charge in [-0.1, -0.05) is 23.7 Å². The molecule has 0 atom stereocenters. The Kier molecular flexibility index (Phi) is 6.18. The highest BCUT2D eigenvalue weighted by atomic mass is 35.5. The van der Waals surface area contributed by atoms with E-state index in [-0.39, 0.29) is 35.1 Å². The Morgan fingerprint density at radius 1 is 1.07 bits per heavy atom. The molecular weight excluding hydrogens is 409 g/mol. The van der Waals surface area contributed by atoms with Gasteiger partial charge in [-0.15, -0.1) is 0 Å². The minimum atomic E-state index is -0.966. The van der Waals surface area contributed by atoms with Gasteiger partial charge in [0.25, 0.3) is 11.5 Å². The number of nitrogens with zero attached hydrogens (tertiary/aromatic N) is 2. The van der Waals surface area contributed by atoms with Crippen LogP contribution >= 0.6 is 11.6 Å². The molecule has 6 nitrogen and oxygen atoms in total. The van der Waals surface area contributed by atoms with Crippen LogP contribution in [0.1, 0.15) is 10.4 Å². The van der Waals surface area contributed by atoms with Gasteiger partial charge in [0.15, 0.2) is 5.82 Å². The Morgan fingerprint density at radius 3 is 2.55 bits per heavy atom. The lowest BCUT2D eigenvalue weighted by atomic mass is 10.2. The summed E-state index contributed by atoms with van der Waals surface area (Å²) in [6.45, 7) is 0.273. The summed E-state index contributed by atoms with van der Waals surface area (Å²) in [7, 11) is 0. The number of hydrogen-bond acceptors (Lipinski definition) is 4. The number of benzene rings is 2. The van der Waals surface area contributed by atoms with Crippen LogP contribution in [-0.4, -0.2) is 28.8 Å². The molecule has 0 saturated carbocycles. The highest BCUT2D eigenvalue weighted by Gasteiger charge is 2.14. The molecule has 0 saturated heterocycles. The fraction of sp³-hybridized carbons (Fsp3) is 0.105. The van der Waals surface area contributed by atoms with Crippen LogP contribution in [-0.2, 0) is 0 Å². The van der Waals surface area contributed by atoms with E-state index in [0.29, 0.717) is 10.7 Å². The molecule has 0 aliphatic heterocycles. The van der Waals surface area contributed by atoms with Gasteiger partial charge in [0, 0.05) is 19.2 Å². The average Bonchev–Trinajstić information content (AvgIpc) is 2.69. The van der Waals surface area contributed by atoms with Gasteiger partial charge in [-0.2, -0.15) is 9.78 Å². The average molecular weight is 423 g/mol. The van der Waals surface area contributed by atoms with E-state index in [9.17, 15) is 22.8 Å². The monoisotopic (exact) mass is 422 g/mol. The summed E-state index contributed by atoms with van der Waals surface area (Å²) >= 11 is 6.02. The Bertz CT molecular complexity index is 1120. The quantitative estimate of drug-likeness (QED) is 0.598. The fourth-order valence-electron chi connectivity index (χ4n) is 2.49. The molecule has 1 amide bonds. The van der Waals surface area contributed by atoms with Crippen molar-refractivity contribution in [2.24, 2.45) is 0 Å². The lowest BCUT2D eigenvalue weighted by molar-refractivity contribution is 0.0951. The fourth-order valence-corrected chi connectivity index (χ4v) is 2.69. The minimum Gasteiger partial charge on any atom is -0.381 e. The maximum atomic E-state index is 13.9. The van der Waals surface area contributed by atoms with Crippen molar-refractivity contribution in [2.75, 3.05) is 18.4 Å². The van der Waals surface area contributed by atoms with Crippen molar-refractivity contribution < 1.29 is 18.0 Å². The number of anilines is 1. The second-order valence-electron chi connectivity index (χ2n) is 5.85. The van der Waals surface area contributed by atoms with E-state index in [2.05, 4.69) is 15.7 Å². The zero-order valence-corrected chi connectivity index (χ0v) is 15.5. The summed E-state index contributed by atoms with van der Waals surface area (Å²) in [5.41, 5.74) is -0.980. The Balaban J connectivity index is 1.65. The number of amides is 1. The van der Waals surface area contributed by atoms with E-state index in [0.717, 1.165) is 12.1 Å². The first-order valence-corrected chi connectivity index (χ1v) is 8.76. The number of carbonyl (C=O) groups is 1. The molecule has 2 aromatic carbocycles. The summed E-state index contributed by atoms with van der Waals surface area (Å²) in [5.74, 6) is -2.98. The third kappa shape index (κ3) is 4.57. The van der Waals surface area contributed by atoms with Crippen LogP contribution in [0.25, 0.3) is 5.69 Å². The molecule has 150 valence electrons. The second kappa shape index (κ2) is 8.78. The number of halogens is 4. The van der Waals surface area contributed by atoms with Crippen molar-refractivity contribution >= 4 is 23.2 Å². The molecule has 29 heavy (non-hydrogen) atoms. The zero-order valence-electron chi connectivity index (χ0n) is 14.8. The molecule has 0 aliphatic carbocycles. The van der Waals surface area contributed by atoms with Gasteiger partial charge in [0.2, 0.25) is 0 Å². The van der Waals surface area contributed by atoms with Gasteiger partial charge in [0.1, 0.15) is 22.3 Å². The minimum absolute atomic E-state index is 0.0869. The van der Waals surface area contributed by atoms with Crippen LogP contribution < -0.4 is 16.2 Å². The Labute approximate surface area is 167 Å². The molecule has 1 aromatic heterocycles. The molecule has 0 spiro atoms. The van der Waals surface area contributed by atoms with Crippen molar-refractivity contribution in [2.45, 2.75) is 0 Å². The van der Waals surface area contributed by atoms with Crippen molar-refractivity contribution in [1.82, 2.24) is 15.1 Å². The first-order chi connectivity index (χ1) is 13.9. The normalized spacial score (nSPS) is 10.6.